The number of fused-ring (bicyclic) bond motifs is 1. The molecule has 12 heavy (non-hydrogen) atoms. The summed E-state index contributed by atoms with van der Waals surface area (Å²) in [5, 5.41) is 0. The molecule has 1 aromatic carbocycles. The predicted molar refractivity (Wildman–Crippen MR) is 53.9 cm³/mol. The Bertz CT molecular complexity index is 210. The molecule has 0 aromatic heterocycles. The Kier molecular flexibility index (Phi) is 4.95. The van der Waals surface area contributed by atoms with Gasteiger partial charge in [0, 0.05) is 0 Å². The largest absolute Gasteiger partial charge is 0.412 e. The lowest BCUT2D eigenvalue weighted by atomic mass is 9.92. The molecule has 0 spiro atoms. The summed E-state index contributed by atoms with van der Waals surface area (Å²) >= 11 is 0. The van der Waals surface area contributed by atoms with Gasteiger partial charge in [0.1, 0.15) is 0 Å². The first-order valence-electron chi connectivity index (χ1n) is 4.03. The molecule has 1 aliphatic carbocycles. The van der Waals surface area contributed by atoms with Crippen LogP contribution in [-0.4, -0.2) is 5.48 Å². The Morgan fingerprint density at radius 3 is 1.67 bits per heavy atom. The van der Waals surface area contributed by atoms with E-state index in [1.807, 2.05) is 0 Å². The van der Waals surface area contributed by atoms with Crippen molar-refractivity contribution in [2.75, 3.05) is 0 Å². The molecule has 2 N–H and O–H groups in total. The molecule has 2 heteroatoms. The fourth-order valence-electron chi connectivity index (χ4n) is 1.68. The maximum atomic E-state index is 2.26. The van der Waals surface area contributed by atoms with E-state index in [0.29, 0.717) is 0 Å². The highest BCUT2D eigenvalue weighted by Gasteiger charge is 2.05. The summed E-state index contributed by atoms with van der Waals surface area (Å²) in [6.07, 6.45) is 5.38. The average molecular weight is 187 g/mol. The van der Waals surface area contributed by atoms with E-state index in [1.54, 1.807) is 11.1 Å². The van der Waals surface area contributed by atoms with Crippen LogP contribution in [0.1, 0.15) is 24.0 Å². The van der Waals surface area contributed by atoms with Crippen molar-refractivity contribution in [1.29, 1.82) is 0 Å². The van der Waals surface area contributed by atoms with Gasteiger partial charge in [-0.2, -0.15) is 0 Å². The van der Waals surface area contributed by atoms with Crippen LogP contribution >= 0.6 is 12.4 Å². The topological polar surface area (TPSA) is 31.5 Å². The highest BCUT2D eigenvalue weighted by Crippen LogP contribution is 2.19. The monoisotopic (exact) mass is 186 g/mol. The first-order chi connectivity index (χ1) is 4.97. The molecule has 0 atom stereocenters. The van der Waals surface area contributed by atoms with Gasteiger partial charge in [-0.25, -0.2) is 0 Å². The molecule has 0 bridgehead atoms. The number of benzene rings is 1. The van der Waals surface area contributed by atoms with Gasteiger partial charge in [0.25, 0.3) is 0 Å². The molecule has 1 aromatic rings. The molecule has 1 nitrogen and oxygen atoms in total. The molecule has 0 unspecified atom stereocenters. The number of rotatable bonds is 0. The third-order valence-corrected chi connectivity index (χ3v) is 2.26. The lowest BCUT2D eigenvalue weighted by Crippen LogP contribution is -2.00. The van der Waals surface area contributed by atoms with Crippen molar-refractivity contribution in [3.63, 3.8) is 0 Å². The summed E-state index contributed by atoms with van der Waals surface area (Å²) < 4.78 is 0. The number of hydrogen-bond acceptors (Lipinski definition) is 0. The van der Waals surface area contributed by atoms with Crippen LogP contribution in [0.4, 0.5) is 0 Å². The zero-order valence-corrected chi connectivity index (χ0v) is 7.86. The van der Waals surface area contributed by atoms with E-state index in [-0.39, 0.29) is 17.9 Å². The maximum absolute atomic E-state index is 2.26. The highest BCUT2D eigenvalue weighted by atomic mass is 35.5. The molecule has 0 saturated heterocycles. The maximum Gasteiger partial charge on any atom is -0.0276 e. The van der Waals surface area contributed by atoms with E-state index >= 15 is 0 Å². The summed E-state index contributed by atoms with van der Waals surface area (Å²) in [6.45, 7) is 0. The van der Waals surface area contributed by atoms with E-state index in [4.69, 9.17) is 0 Å². The second kappa shape index (κ2) is 5.18. The molecule has 68 valence electrons. The van der Waals surface area contributed by atoms with Crippen molar-refractivity contribution >= 4 is 12.4 Å². The van der Waals surface area contributed by atoms with Crippen LogP contribution in [0.15, 0.2) is 24.3 Å². The fourth-order valence-corrected chi connectivity index (χ4v) is 1.68. The lowest BCUT2D eigenvalue weighted by molar-refractivity contribution is 0.685. The molecule has 1 aliphatic rings. The van der Waals surface area contributed by atoms with Crippen LogP contribution in [-0.2, 0) is 12.8 Å². The minimum Gasteiger partial charge on any atom is -0.412 e. The van der Waals surface area contributed by atoms with Crippen molar-refractivity contribution in [1.82, 2.24) is 0 Å². The summed E-state index contributed by atoms with van der Waals surface area (Å²) in [6, 6.07) is 8.80. The van der Waals surface area contributed by atoms with Gasteiger partial charge in [-0.3, -0.25) is 0 Å². The molecule has 0 amide bonds. The smallest absolute Gasteiger partial charge is 0.0276 e. The van der Waals surface area contributed by atoms with Gasteiger partial charge in [0.2, 0.25) is 0 Å². The second-order valence-corrected chi connectivity index (χ2v) is 2.98. The van der Waals surface area contributed by atoms with E-state index in [9.17, 15) is 0 Å². The normalized spacial score (nSPS) is 13.7. The Morgan fingerprint density at radius 2 is 1.25 bits per heavy atom. The van der Waals surface area contributed by atoms with Crippen LogP contribution in [0.5, 0.6) is 0 Å². The summed E-state index contributed by atoms with van der Waals surface area (Å²) in [5.74, 6) is 0. The molecule has 0 saturated carbocycles. The van der Waals surface area contributed by atoms with Gasteiger partial charge in [0.05, 0.1) is 0 Å². The summed E-state index contributed by atoms with van der Waals surface area (Å²) in [4.78, 5) is 0. The van der Waals surface area contributed by atoms with Crippen molar-refractivity contribution in [2.45, 2.75) is 25.7 Å². The fraction of sp³-hybridized carbons (Fsp3) is 0.400. The van der Waals surface area contributed by atoms with Crippen molar-refractivity contribution in [3.05, 3.63) is 35.4 Å². The van der Waals surface area contributed by atoms with Gasteiger partial charge < -0.3 is 5.48 Å². The minimum absolute atomic E-state index is 0. The Morgan fingerprint density at radius 1 is 0.833 bits per heavy atom. The van der Waals surface area contributed by atoms with Gasteiger partial charge in [-0.1, -0.05) is 24.3 Å². The lowest BCUT2D eigenvalue weighted by Gasteiger charge is -2.13. The van der Waals surface area contributed by atoms with Crippen LogP contribution in [0.25, 0.3) is 0 Å². The molecule has 2 rings (SSSR count). The van der Waals surface area contributed by atoms with Crippen molar-refractivity contribution < 1.29 is 5.48 Å². The van der Waals surface area contributed by atoms with Crippen LogP contribution in [0.3, 0.4) is 0 Å². The first-order valence-corrected chi connectivity index (χ1v) is 4.03. The molecule has 0 radical (unpaired) electrons. The number of halogens is 1. The van der Waals surface area contributed by atoms with Crippen LogP contribution in [0, 0.1) is 0 Å². The summed E-state index contributed by atoms with van der Waals surface area (Å²) in [7, 11) is 0. The van der Waals surface area contributed by atoms with Crippen molar-refractivity contribution in [2.24, 2.45) is 0 Å². The second-order valence-electron chi connectivity index (χ2n) is 2.98. The Hall–Kier alpha value is -0.530. The van der Waals surface area contributed by atoms with E-state index in [0.717, 1.165) is 0 Å². The van der Waals surface area contributed by atoms with Crippen LogP contribution < -0.4 is 0 Å². The summed E-state index contributed by atoms with van der Waals surface area (Å²) in [5.41, 5.74) is 3.16. The highest BCUT2D eigenvalue weighted by molar-refractivity contribution is 5.85. The SMILES string of the molecule is Cl.O.c1ccc2c(c1)CCCC2. The molecule has 0 heterocycles. The number of hydrogen-bond donors (Lipinski definition) is 0. The average Bonchev–Trinajstić information content (AvgIpc) is 2.05. The Balaban J connectivity index is 0.000000605. The molecular formula is C10H15ClO. The third-order valence-electron chi connectivity index (χ3n) is 2.26. The van der Waals surface area contributed by atoms with Gasteiger partial charge in [0.15, 0.2) is 0 Å². The predicted octanol–water partition coefficient (Wildman–Crippen LogP) is 2.16. The molecule has 0 aliphatic heterocycles. The number of aryl methyl sites for hydroxylation is 2. The quantitative estimate of drug-likeness (QED) is 0.595. The van der Waals surface area contributed by atoms with E-state index in [1.165, 1.54) is 25.7 Å². The van der Waals surface area contributed by atoms with Crippen molar-refractivity contribution in [3.8, 4) is 0 Å². The van der Waals surface area contributed by atoms with E-state index in [2.05, 4.69) is 24.3 Å². The molecule has 0 fully saturated rings. The van der Waals surface area contributed by atoms with Gasteiger partial charge in [-0.05, 0) is 36.8 Å². The third kappa shape index (κ3) is 2.23. The minimum atomic E-state index is 0. The van der Waals surface area contributed by atoms with Gasteiger partial charge in [-0.15, -0.1) is 12.4 Å². The van der Waals surface area contributed by atoms with Crippen LogP contribution in [0.2, 0.25) is 0 Å². The van der Waals surface area contributed by atoms with E-state index < -0.39 is 0 Å². The Labute approximate surface area is 79.5 Å². The zero-order chi connectivity index (χ0) is 6.81. The molecular weight excluding hydrogens is 172 g/mol. The zero-order valence-electron chi connectivity index (χ0n) is 7.05. The van der Waals surface area contributed by atoms with Gasteiger partial charge >= 0.3 is 0 Å². The first kappa shape index (κ1) is 11.5. The standard InChI is InChI=1S/C10H12.ClH.H2O/c1-2-6-10-8-4-3-7-9(10)5-1;;/h1-2,5-6H,3-4,7-8H2;1H;1H2.